The maximum absolute atomic E-state index is 13.7. The van der Waals surface area contributed by atoms with Gasteiger partial charge in [-0.2, -0.15) is 26.3 Å². The number of rotatable bonds is 9. The molecule has 2 nitrogen and oxygen atoms in total. The highest BCUT2D eigenvalue weighted by Crippen LogP contribution is 2.61. The lowest BCUT2D eigenvalue weighted by Crippen LogP contribution is -2.36. The van der Waals surface area contributed by atoms with Gasteiger partial charge in [0.15, 0.2) is 0 Å². The molecule has 0 aromatic heterocycles. The molecule has 0 bridgehead atoms. The first kappa shape index (κ1) is 32.0. The van der Waals surface area contributed by atoms with Crippen LogP contribution < -0.4 is 15.9 Å². The minimum Gasteiger partial charge on any atom is -0.342 e. The highest BCUT2D eigenvalue weighted by molar-refractivity contribution is 7.88. The molecule has 0 aliphatic carbocycles. The molecular weight excluding hydrogens is 607 g/mol. The number of carbonyl (C=O) groups excluding carboxylic acids is 1. The van der Waals surface area contributed by atoms with Crippen LogP contribution in [0.3, 0.4) is 0 Å². The molecule has 0 heterocycles. The average molecular weight is 637 g/mol. The van der Waals surface area contributed by atoms with Crippen molar-refractivity contribution >= 4 is 23.8 Å². The van der Waals surface area contributed by atoms with E-state index < -0.39 is 48.3 Å². The Morgan fingerprint density at radius 3 is 1.47 bits per heavy atom. The predicted molar refractivity (Wildman–Crippen MR) is 167 cm³/mol. The average Bonchev–Trinajstić information content (AvgIpc) is 3.04. The molecule has 5 aromatic carbocycles. The Morgan fingerprint density at radius 2 is 1.02 bits per heavy atom. The first-order chi connectivity index (χ1) is 21.5. The maximum Gasteiger partial charge on any atom is 0.416 e. The van der Waals surface area contributed by atoms with Gasteiger partial charge in [-0.05, 0) is 53.6 Å². The molecule has 0 radical (unpaired) electrons. The number of hydrogen-bond donors (Lipinski definition) is 1. The van der Waals surface area contributed by atoms with Crippen LogP contribution in [0, 0.1) is 0 Å². The highest BCUT2D eigenvalue weighted by Gasteiger charge is 2.46. The van der Waals surface area contributed by atoms with Crippen LogP contribution in [0.1, 0.15) is 38.7 Å². The van der Waals surface area contributed by atoms with Crippen molar-refractivity contribution in [2.75, 3.05) is 6.16 Å². The summed E-state index contributed by atoms with van der Waals surface area (Å²) in [5.74, 6) is -1.03. The van der Waals surface area contributed by atoms with Gasteiger partial charge in [-0.25, -0.2) is 0 Å². The molecule has 1 amide bonds. The first-order valence-electron chi connectivity index (χ1n) is 14.1. The lowest BCUT2D eigenvalue weighted by molar-refractivity contribution is -0.143. The Morgan fingerprint density at radius 1 is 0.600 bits per heavy atom. The van der Waals surface area contributed by atoms with Gasteiger partial charge in [0, 0.05) is 5.56 Å². The minimum absolute atomic E-state index is 0.0205. The number of amides is 1. The van der Waals surface area contributed by atoms with E-state index in [0.29, 0.717) is 30.0 Å². The number of benzene rings is 5. The molecule has 0 aliphatic rings. The van der Waals surface area contributed by atoms with Crippen molar-refractivity contribution in [3.63, 3.8) is 0 Å². The SMILES string of the molecule is O=C(N[C@H](C[P+](Cc1ccccc1)(c1ccccc1)c1ccccc1)c1ccccc1)c1cc(C(F)(F)F)cc(C(F)(F)F)c1. The van der Waals surface area contributed by atoms with Gasteiger partial charge in [0.1, 0.15) is 0 Å². The normalized spacial score (nSPS) is 12.8. The third-order valence-corrected chi connectivity index (χ3v) is 12.1. The molecule has 0 unspecified atom stereocenters. The zero-order chi connectivity index (χ0) is 32.1. The molecule has 230 valence electrons. The third-order valence-electron chi connectivity index (χ3n) is 7.65. The lowest BCUT2D eigenvalue weighted by atomic mass is 10.0. The molecule has 9 heteroatoms. The molecule has 1 N–H and O–H groups in total. The van der Waals surface area contributed by atoms with Gasteiger partial charge in [0.05, 0.1) is 47.4 Å². The van der Waals surface area contributed by atoms with Gasteiger partial charge in [-0.3, -0.25) is 4.79 Å². The zero-order valence-electron chi connectivity index (χ0n) is 23.9. The summed E-state index contributed by atoms with van der Waals surface area (Å²) in [6.07, 6.45) is -9.18. The largest absolute Gasteiger partial charge is 0.416 e. The molecule has 5 rings (SSSR count). The number of carbonyl (C=O) groups is 1. The van der Waals surface area contributed by atoms with Crippen LogP contribution >= 0.6 is 7.26 Å². The zero-order valence-corrected chi connectivity index (χ0v) is 24.8. The Labute approximate surface area is 258 Å². The summed E-state index contributed by atoms with van der Waals surface area (Å²) in [7, 11) is -2.44. The lowest BCUT2D eigenvalue weighted by Gasteiger charge is -2.32. The van der Waals surface area contributed by atoms with E-state index in [-0.39, 0.29) is 6.07 Å². The number of hydrogen-bond acceptors (Lipinski definition) is 1. The van der Waals surface area contributed by atoms with Crippen LogP contribution in [-0.2, 0) is 18.5 Å². The first-order valence-corrected chi connectivity index (χ1v) is 16.3. The highest BCUT2D eigenvalue weighted by atomic mass is 31.2. The monoisotopic (exact) mass is 636 g/mol. The molecular formula is C36H29F6NOP+. The van der Waals surface area contributed by atoms with E-state index >= 15 is 0 Å². The molecule has 0 aliphatic heterocycles. The second kappa shape index (κ2) is 13.3. The molecule has 1 atom stereocenters. The van der Waals surface area contributed by atoms with Crippen molar-refractivity contribution in [1.82, 2.24) is 5.32 Å². The number of alkyl halides is 6. The van der Waals surface area contributed by atoms with Crippen molar-refractivity contribution in [2.24, 2.45) is 0 Å². The van der Waals surface area contributed by atoms with Crippen molar-refractivity contribution in [3.8, 4) is 0 Å². The van der Waals surface area contributed by atoms with E-state index in [0.717, 1.165) is 16.2 Å². The molecule has 45 heavy (non-hydrogen) atoms. The quantitative estimate of drug-likeness (QED) is 0.127. The molecule has 0 saturated heterocycles. The van der Waals surface area contributed by atoms with Gasteiger partial charge in [-0.15, -0.1) is 0 Å². The van der Waals surface area contributed by atoms with E-state index in [1.807, 2.05) is 91.0 Å². The summed E-state index contributed by atoms with van der Waals surface area (Å²) in [6.45, 7) is 0. The molecule has 0 fully saturated rings. The number of halogens is 6. The summed E-state index contributed by atoms with van der Waals surface area (Å²) in [5, 5.41) is 4.94. The second-order valence-electron chi connectivity index (χ2n) is 10.7. The van der Waals surface area contributed by atoms with E-state index in [4.69, 9.17) is 0 Å². The predicted octanol–water partition coefficient (Wildman–Crippen LogP) is 9.06. The summed E-state index contributed by atoms with van der Waals surface area (Å²) in [4.78, 5) is 13.7. The summed E-state index contributed by atoms with van der Waals surface area (Å²) in [6, 6.07) is 38.8. The van der Waals surface area contributed by atoms with Crippen molar-refractivity contribution in [1.29, 1.82) is 0 Å². The van der Waals surface area contributed by atoms with Gasteiger partial charge in [0.25, 0.3) is 5.91 Å². The van der Waals surface area contributed by atoms with Crippen molar-refractivity contribution in [3.05, 3.63) is 167 Å². The Hall–Kier alpha value is -4.42. The van der Waals surface area contributed by atoms with E-state index in [1.165, 1.54) is 0 Å². The Kier molecular flexibility index (Phi) is 9.45. The molecule has 0 saturated carbocycles. The number of nitrogens with one attached hydrogen (secondary N) is 1. The van der Waals surface area contributed by atoms with Crippen LogP contribution in [0.4, 0.5) is 26.3 Å². The van der Waals surface area contributed by atoms with Crippen LogP contribution in [-0.4, -0.2) is 12.1 Å². The van der Waals surface area contributed by atoms with Crippen molar-refractivity contribution < 1.29 is 31.1 Å². The van der Waals surface area contributed by atoms with E-state index in [1.54, 1.807) is 30.3 Å². The fourth-order valence-corrected chi connectivity index (χ4v) is 9.95. The summed E-state index contributed by atoms with van der Waals surface area (Å²) >= 11 is 0. The van der Waals surface area contributed by atoms with E-state index in [9.17, 15) is 31.1 Å². The second-order valence-corrected chi connectivity index (χ2v) is 14.3. The summed E-state index contributed by atoms with van der Waals surface area (Å²) in [5.41, 5.74) is -2.07. The standard InChI is InChI=1S/C36H28F6NOP/c37-35(38,39)29-21-28(22-30(23-29)36(40,41)42)34(44)43-33(27-15-7-2-8-16-27)25-45(31-17-9-3-10-18-31,32-19-11-4-12-20-32)24-26-13-5-1-6-14-26/h1-23,33H,24-25H2/p+1/t33-/m1/s1. The third kappa shape index (κ3) is 7.63. The smallest absolute Gasteiger partial charge is 0.342 e. The summed E-state index contributed by atoms with van der Waals surface area (Å²) < 4.78 is 81.8. The van der Waals surface area contributed by atoms with Crippen LogP contribution in [0.5, 0.6) is 0 Å². The fourth-order valence-electron chi connectivity index (χ4n) is 5.49. The fraction of sp³-hybridized carbons (Fsp3) is 0.139. The van der Waals surface area contributed by atoms with Gasteiger partial charge >= 0.3 is 12.4 Å². The van der Waals surface area contributed by atoms with Gasteiger partial charge < -0.3 is 5.32 Å². The molecule has 5 aromatic rings. The van der Waals surface area contributed by atoms with Crippen LogP contribution in [0.25, 0.3) is 0 Å². The van der Waals surface area contributed by atoms with Crippen LogP contribution in [0.2, 0.25) is 0 Å². The van der Waals surface area contributed by atoms with Gasteiger partial charge in [0.2, 0.25) is 0 Å². The Balaban J connectivity index is 1.65. The minimum atomic E-state index is -5.08. The van der Waals surface area contributed by atoms with Gasteiger partial charge in [-0.1, -0.05) is 97.1 Å². The van der Waals surface area contributed by atoms with E-state index in [2.05, 4.69) is 5.32 Å². The molecule has 0 spiro atoms. The van der Waals surface area contributed by atoms with Crippen molar-refractivity contribution in [2.45, 2.75) is 24.6 Å². The maximum atomic E-state index is 13.7. The van der Waals surface area contributed by atoms with Crippen LogP contribution in [0.15, 0.2) is 140 Å². The Bertz CT molecular complexity index is 1640. The topological polar surface area (TPSA) is 29.1 Å².